The monoisotopic (exact) mass is 439 g/mol. The minimum Gasteiger partial charge on any atom is -0.349 e. The number of nitrogens with one attached hydrogen (secondary N) is 1. The van der Waals surface area contributed by atoms with Crippen molar-refractivity contribution < 1.29 is 42.9 Å². The van der Waals surface area contributed by atoms with Gasteiger partial charge in [-0.05, 0) is 48.4 Å². The molecule has 0 radical (unpaired) electrons. The smallest absolute Gasteiger partial charge is 0.349 e. The van der Waals surface area contributed by atoms with Crippen LogP contribution in [0.15, 0.2) is 42.5 Å². The van der Waals surface area contributed by atoms with Crippen molar-refractivity contribution in [1.82, 2.24) is 5.32 Å². The molecule has 0 spiro atoms. The summed E-state index contributed by atoms with van der Waals surface area (Å²) in [6.07, 6.45) is -14.2. The topological polar surface area (TPSA) is 30.5 Å². The lowest BCUT2D eigenvalue weighted by molar-refractivity contribution is -0.200. The lowest BCUT2D eigenvalue weighted by Gasteiger charge is -2.34. The third-order valence-corrected chi connectivity index (χ3v) is 4.42. The molecule has 1 aliphatic heterocycles. The van der Waals surface area contributed by atoms with Crippen molar-refractivity contribution in [3.63, 3.8) is 0 Å². The van der Waals surface area contributed by atoms with Gasteiger partial charge in [0.25, 0.3) is 0 Å². The van der Waals surface area contributed by atoms with Crippen LogP contribution in [0.1, 0.15) is 44.0 Å². The molecule has 0 saturated carbocycles. The fraction of sp³-hybridized carbons (Fsp3) is 0.400. The summed E-state index contributed by atoms with van der Waals surface area (Å²) in [6.45, 7) is -0.607. The Labute approximate surface area is 170 Å². The van der Waals surface area contributed by atoms with E-state index >= 15 is 0 Å². The Morgan fingerprint density at radius 1 is 1.07 bits per heavy atom. The number of ether oxygens (including phenoxy) is 2. The highest BCUT2D eigenvalue weighted by atomic mass is 19.4. The maximum Gasteiger partial charge on any atom is 0.416 e. The Kier molecular flexibility index (Phi) is 5.62. The van der Waals surface area contributed by atoms with Crippen LogP contribution in [0.3, 0.4) is 0 Å². The molecule has 3 atom stereocenters. The number of hydrogen-bond acceptors (Lipinski definition) is 3. The molecule has 30 heavy (non-hydrogen) atoms. The average Bonchev–Trinajstić information content (AvgIpc) is 2.73. The molecule has 2 aromatic carbocycles. The summed E-state index contributed by atoms with van der Waals surface area (Å²) in [4.78, 5) is 0. The fourth-order valence-corrected chi connectivity index (χ4v) is 2.95. The Bertz CT molecular complexity index is 905. The van der Waals surface area contributed by atoms with E-state index in [1.165, 1.54) is 12.1 Å². The van der Waals surface area contributed by atoms with Crippen LogP contribution in [-0.4, -0.2) is 19.4 Å². The lowest BCUT2D eigenvalue weighted by Crippen LogP contribution is -2.43. The van der Waals surface area contributed by atoms with Gasteiger partial charge in [-0.2, -0.15) is 26.3 Å². The van der Waals surface area contributed by atoms with E-state index in [4.69, 9.17) is 12.2 Å². The number of rotatable bonds is 4. The van der Waals surface area contributed by atoms with Crippen LogP contribution in [0.25, 0.3) is 0 Å². The first-order valence-electron chi connectivity index (χ1n) is 9.92. The van der Waals surface area contributed by atoms with Crippen molar-refractivity contribution in [2.75, 3.05) is 13.2 Å². The maximum atomic E-state index is 13.2. The molecule has 0 aromatic heterocycles. The van der Waals surface area contributed by atoms with Gasteiger partial charge >= 0.3 is 12.4 Å². The van der Waals surface area contributed by atoms with Crippen LogP contribution in [0.5, 0.6) is 0 Å². The first-order valence-corrected chi connectivity index (χ1v) is 8.71. The Morgan fingerprint density at radius 3 is 2.20 bits per heavy atom. The van der Waals surface area contributed by atoms with Crippen molar-refractivity contribution in [2.24, 2.45) is 0 Å². The molecule has 3 nitrogen and oxygen atoms in total. The molecule has 10 heteroatoms. The molecular formula is C20H18F7NO2. The zero-order valence-corrected chi connectivity index (χ0v) is 15.3. The predicted octanol–water partition coefficient (Wildman–Crippen LogP) is 5.63. The third kappa shape index (κ3) is 5.30. The van der Waals surface area contributed by atoms with Gasteiger partial charge in [0.15, 0.2) is 6.29 Å². The van der Waals surface area contributed by atoms with Crippen LogP contribution < -0.4 is 5.32 Å². The van der Waals surface area contributed by atoms with Gasteiger partial charge in [0.05, 0.1) is 31.2 Å². The summed E-state index contributed by atoms with van der Waals surface area (Å²) in [7, 11) is 0. The molecular weight excluding hydrogens is 419 g/mol. The van der Waals surface area contributed by atoms with Crippen molar-refractivity contribution >= 4 is 0 Å². The Morgan fingerprint density at radius 2 is 1.67 bits per heavy atom. The minimum atomic E-state index is -5.11. The summed E-state index contributed by atoms with van der Waals surface area (Å²) in [6, 6.07) is 4.97. The van der Waals surface area contributed by atoms with Gasteiger partial charge in [-0.3, -0.25) is 0 Å². The van der Waals surface area contributed by atoms with E-state index in [1.54, 1.807) is 0 Å². The van der Waals surface area contributed by atoms with Gasteiger partial charge in [0.1, 0.15) is 5.82 Å². The van der Waals surface area contributed by atoms with E-state index in [-0.39, 0.29) is 12.7 Å². The predicted molar refractivity (Wildman–Crippen MR) is 92.8 cm³/mol. The van der Waals surface area contributed by atoms with Gasteiger partial charge in [-0.15, -0.1) is 0 Å². The highest BCUT2D eigenvalue weighted by Gasteiger charge is 2.38. The fourth-order valence-electron chi connectivity index (χ4n) is 2.95. The second kappa shape index (κ2) is 8.52. The third-order valence-electron chi connectivity index (χ3n) is 4.42. The Balaban J connectivity index is 2.00. The van der Waals surface area contributed by atoms with E-state index in [0.29, 0.717) is 24.2 Å². The highest BCUT2D eigenvalue weighted by molar-refractivity contribution is 5.34. The van der Waals surface area contributed by atoms with Crippen molar-refractivity contribution in [1.29, 1.82) is 0 Å². The van der Waals surface area contributed by atoms with Crippen molar-refractivity contribution in [3.8, 4) is 0 Å². The molecule has 1 fully saturated rings. The molecule has 0 aliphatic carbocycles. The number of morpholine rings is 1. The quantitative estimate of drug-likeness (QED) is 0.627. The largest absolute Gasteiger partial charge is 0.416 e. The zero-order chi connectivity index (χ0) is 23.7. The lowest BCUT2D eigenvalue weighted by atomic mass is 10.0. The van der Waals surface area contributed by atoms with Gasteiger partial charge in [-0.1, -0.05) is 12.1 Å². The zero-order valence-electron chi connectivity index (χ0n) is 17.3. The van der Waals surface area contributed by atoms with E-state index in [2.05, 4.69) is 5.32 Å². The molecule has 1 saturated heterocycles. The molecule has 1 aliphatic rings. The molecule has 1 N–H and O–H groups in total. The van der Waals surface area contributed by atoms with Crippen LogP contribution in [0, 0.1) is 5.82 Å². The van der Waals surface area contributed by atoms with Crippen LogP contribution >= 0.6 is 0 Å². The average molecular weight is 439 g/mol. The standard InChI is InChI=1S/C20H18F7NO2/c1-11(13-8-14(19(22,23)24)10-15(9-13)20(25,26)27)30-18-17(28-6-7-29-18)12-2-4-16(21)5-3-12/h2-5,8-11,17-18,28H,6-7H2,1H3/t11-,17+,18-/m0/s1/i1D,11D. The summed E-state index contributed by atoms with van der Waals surface area (Å²) in [5.74, 6) is -0.521. The SMILES string of the molecule is [2H]C[C@]([2H])(O[C@@H]1OCCN[C@@H]1c1ccc(F)cc1)c1cc(C(F)(F)F)cc(C(F)(F)F)c1. The molecule has 3 rings (SSSR count). The maximum absolute atomic E-state index is 13.2. The highest BCUT2D eigenvalue weighted by Crippen LogP contribution is 2.38. The number of alkyl halides is 6. The molecule has 1 heterocycles. The van der Waals surface area contributed by atoms with E-state index in [1.807, 2.05) is 0 Å². The second-order valence-electron chi connectivity index (χ2n) is 6.56. The molecule has 0 amide bonds. The van der Waals surface area contributed by atoms with E-state index < -0.39 is 60.2 Å². The van der Waals surface area contributed by atoms with E-state index in [0.717, 1.165) is 12.1 Å². The summed E-state index contributed by atoms with van der Waals surface area (Å²) < 4.78 is 120. The van der Waals surface area contributed by atoms with Crippen LogP contribution in [0.4, 0.5) is 30.7 Å². The van der Waals surface area contributed by atoms with Gasteiger partial charge in [0.2, 0.25) is 0 Å². The molecule has 0 bridgehead atoms. The first kappa shape index (κ1) is 19.8. The van der Waals surface area contributed by atoms with Crippen LogP contribution in [-0.2, 0) is 21.8 Å². The van der Waals surface area contributed by atoms with E-state index in [9.17, 15) is 30.7 Å². The summed E-state index contributed by atoms with van der Waals surface area (Å²) in [5.41, 5.74) is -3.56. The number of hydrogen-bond donors (Lipinski definition) is 1. The summed E-state index contributed by atoms with van der Waals surface area (Å²) >= 11 is 0. The van der Waals surface area contributed by atoms with Crippen LogP contribution in [0.2, 0.25) is 0 Å². The van der Waals surface area contributed by atoms with Gasteiger partial charge < -0.3 is 14.8 Å². The molecule has 2 aromatic rings. The minimum absolute atomic E-state index is 0.0617. The van der Waals surface area contributed by atoms with Crippen molar-refractivity contribution in [3.05, 3.63) is 70.5 Å². The number of halogens is 7. The molecule has 0 unspecified atom stereocenters. The number of benzene rings is 2. The summed E-state index contributed by atoms with van der Waals surface area (Å²) in [5, 5.41) is 3.00. The Hall–Kier alpha value is -2.17. The van der Waals surface area contributed by atoms with Crippen molar-refractivity contribution in [2.45, 2.75) is 37.7 Å². The second-order valence-corrected chi connectivity index (χ2v) is 6.56. The van der Waals surface area contributed by atoms with Gasteiger partial charge in [0, 0.05) is 7.92 Å². The first-order chi connectivity index (χ1) is 14.8. The molecule has 164 valence electrons. The van der Waals surface area contributed by atoms with Gasteiger partial charge in [-0.25, -0.2) is 4.39 Å². The normalized spacial score (nSPS) is 23.4.